The van der Waals surface area contributed by atoms with Crippen molar-refractivity contribution < 1.29 is 4.79 Å². The van der Waals surface area contributed by atoms with Gasteiger partial charge in [0.25, 0.3) is 5.91 Å². The van der Waals surface area contributed by atoms with Gasteiger partial charge in [0.05, 0.1) is 23.0 Å². The molecule has 0 N–H and O–H groups in total. The zero-order chi connectivity index (χ0) is 14.7. The molecule has 1 saturated heterocycles. The molecule has 21 heavy (non-hydrogen) atoms. The van der Waals surface area contributed by atoms with Crippen LogP contribution < -0.4 is 4.90 Å². The lowest BCUT2D eigenvalue weighted by Crippen LogP contribution is -2.49. The van der Waals surface area contributed by atoms with E-state index in [1.165, 1.54) is 12.4 Å². The quantitative estimate of drug-likeness (QED) is 0.841. The lowest BCUT2D eigenvalue weighted by Gasteiger charge is -2.35. The molecular weight excluding hydrogens is 290 g/mol. The number of hydrogen-bond acceptors (Lipinski definition) is 5. The Balaban J connectivity index is 1.63. The van der Waals surface area contributed by atoms with E-state index in [1.807, 2.05) is 17.0 Å². The van der Waals surface area contributed by atoms with E-state index in [4.69, 9.17) is 11.6 Å². The largest absolute Gasteiger partial charge is 0.353 e. The van der Waals surface area contributed by atoms with Crippen molar-refractivity contribution in [3.05, 3.63) is 47.4 Å². The third-order valence-corrected chi connectivity index (χ3v) is 3.66. The van der Waals surface area contributed by atoms with Crippen LogP contribution >= 0.6 is 11.6 Å². The van der Waals surface area contributed by atoms with Crippen LogP contribution in [0.2, 0.25) is 5.02 Å². The van der Waals surface area contributed by atoms with Gasteiger partial charge in [-0.25, -0.2) is 4.98 Å². The van der Waals surface area contributed by atoms with Gasteiger partial charge in [0, 0.05) is 32.4 Å². The molecule has 2 aromatic rings. The minimum Gasteiger partial charge on any atom is -0.353 e. The van der Waals surface area contributed by atoms with Crippen LogP contribution in [0.4, 0.5) is 5.82 Å². The fourth-order valence-corrected chi connectivity index (χ4v) is 2.41. The fraction of sp³-hybridized carbons (Fsp3) is 0.286. The highest BCUT2D eigenvalue weighted by Crippen LogP contribution is 2.16. The number of aromatic nitrogens is 3. The maximum Gasteiger partial charge on any atom is 0.255 e. The molecule has 0 aromatic carbocycles. The summed E-state index contributed by atoms with van der Waals surface area (Å²) in [5.41, 5.74) is 0.572. The number of carbonyl (C=O) groups is 1. The molecule has 3 heterocycles. The fourth-order valence-electron chi connectivity index (χ4n) is 2.29. The first-order valence-electron chi connectivity index (χ1n) is 6.66. The predicted octanol–water partition coefficient (Wildman–Crippen LogP) is 1.49. The predicted molar refractivity (Wildman–Crippen MR) is 79.4 cm³/mol. The summed E-state index contributed by atoms with van der Waals surface area (Å²) in [6.45, 7) is 2.81. The third-order valence-electron chi connectivity index (χ3n) is 3.43. The Hall–Kier alpha value is -2.21. The van der Waals surface area contributed by atoms with Crippen LogP contribution in [0.1, 0.15) is 10.4 Å². The SMILES string of the molecule is O=C(c1ccnnc1)N1CCN(c2ccc(Cl)cn2)CC1. The van der Waals surface area contributed by atoms with Gasteiger partial charge in [0.15, 0.2) is 0 Å². The number of hydrogen-bond donors (Lipinski definition) is 0. The highest BCUT2D eigenvalue weighted by Gasteiger charge is 2.22. The molecule has 0 radical (unpaired) electrons. The molecule has 1 aliphatic heterocycles. The van der Waals surface area contributed by atoms with Crippen molar-refractivity contribution in [1.29, 1.82) is 0 Å². The van der Waals surface area contributed by atoms with Crippen molar-refractivity contribution in [3.63, 3.8) is 0 Å². The molecule has 3 rings (SSSR count). The minimum atomic E-state index is -0.00591. The van der Waals surface area contributed by atoms with E-state index in [2.05, 4.69) is 20.1 Å². The number of halogens is 1. The molecule has 0 saturated carbocycles. The van der Waals surface area contributed by atoms with Crippen LogP contribution in [0.5, 0.6) is 0 Å². The molecule has 108 valence electrons. The summed E-state index contributed by atoms with van der Waals surface area (Å²) in [5, 5.41) is 8.05. The summed E-state index contributed by atoms with van der Waals surface area (Å²) >= 11 is 5.84. The topological polar surface area (TPSA) is 62.2 Å². The Morgan fingerprint density at radius 2 is 1.86 bits per heavy atom. The Bertz CT molecular complexity index is 611. The van der Waals surface area contributed by atoms with Crippen LogP contribution in [0.25, 0.3) is 0 Å². The van der Waals surface area contributed by atoms with Crippen molar-refractivity contribution in [2.75, 3.05) is 31.1 Å². The van der Waals surface area contributed by atoms with Gasteiger partial charge >= 0.3 is 0 Å². The molecule has 2 aromatic heterocycles. The van der Waals surface area contributed by atoms with Crippen LogP contribution in [-0.2, 0) is 0 Å². The summed E-state index contributed by atoms with van der Waals surface area (Å²) in [7, 11) is 0. The number of amides is 1. The number of piperazine rings is 1. The Morgan fingerprint density at radius 1 is 1.05 bits per heavy atom. The average molecular weight is 304 g/mol. The summed E-state index contributed by atoms with van der Waals surface area (Å²) in [5.74, 6) is 0.880. The molecule has 0 aliphatic carbocycles. The summed E-state index contributed by atoms with van der Waals surface area (Å²) in [6, 6.07) is 5.40. The van der Waals surface area contributed by atoms with Gasteiger partial charge in [-0.1, -0.05) is 11.6 Å². The molecule has 7 heteroatoms. The number of nitrogens with zero attached hydrogens (tertiary/aromatic N) is 5. The summed E-state index contributed by atoms with van der Waals surface area (Å²) in [6.07, 6.45) is 4.66. The highest BCUT2D eigenvalue weighted by molar-refractivity contribution is 6.30. The normalized spacial score (nSPS) is 15.1. The van der Waals surface area contributed by atoms with Crippen molar-refractivity contribution in [2.24, 2.45) is 0 Å². The van der Waals surface area contributed by atoms with Crippen LogP contribution in [0.3, 0.4) is 0 Å². The number of carbonyl (C=O) groups excluding carboxylic acids is 1. The number of rotatable bonds is 2. The van der Waals surface area contributed by atoms with Crippen molar-refractivity contribution in [3.8, 4) is 0 Å². The maximum atomic E-state index is 12.3. The molecule has 0 bridgehead atoms. The molecule has 1 fully saturated rings. The van der Waals surface area contributed by atoms with Gasteiger partial charge in [0.1, 0.15) is 5.82 Å². The van der Waals surface area contributed by atoms with Gasteiger partial charge in [-0.3, -0.25) is 4.79 Å². The van der Waals surface area contributed by atoms with Gasteiger partial charge in [-0.2, -0.15) is 10.2 Å². The van der Waals surface area contributed by atoms with Crippen LogP contribution in [-0.4, -0.2) is 52.2 Å². The van der Waals surface area contributed by atoms with Crippen LogP contribution in [0, 0.1) is 0 Å². The van der Waals surface area contributed by atoms with Gasteiger partial charge in [-0.05, 0) is 18.2 Å². The first-order chi connectivity index (χ1) is 10.2. The molecule has 1 aliphatic rings. The minimum absolute atomic E-state index is 0.00591. The van der Waals surface area contributed by atoms with Gasteiger partial charge < -0.3 is 9.80 Å². The second-order valence-electron chi connectivity index (χ2n) is 4.74. The zero-order valence-electron chi connectivity index (χ0n) is 11.3. The Morgan fingerprint density at radius 3 is 2.48 bits per heavy atom. The zero-order valence-corrected chi connectivity index (χ0v) is 12.1. The van der Waals surface area contributed by atoms with E-state index in [-0.39, 0.29) is 5.91 Å². The first kappa shape index (κ1) is 13.8. The lowest BCUT2D eigenvalue weighted by atomic mass is 10.2. The van der Waals surface area contributed by atoms with Crippen molar-refractivity contribution in [2.45, 2.75) is 0 Å². The maximum absolute atomic E-state index is 12.3. The molecule has 0 atom stereocenters. The highest BCUT2D eigenvalue weighted by atomic mass is 35.5. The summed E-state index contributed by atoms with van der Waals surface area (Å²) < 4.78 is 0. The number of pyridine rings is 1. The van der Waals surface area contributed by atoms with E-state index < -0.39 is 0 Å². The number of anilines is 1. The first-order valence-corrected chi connectivity index (χ1v) is 7.04. The van der Waals surface area contributed by atoms with Crippen molar-refractivity contribution >= 4 is 23.3 Å². The van der Waals surface area contributed by atoms with Gasteiger partial charge in [0.2, 0.25) is 0 Å². The second-order valence-corrected chi connectivity index (χ2v) is 5.18. The smallest absolute Gasteiger partial charge is 0.255 e. The lowest BCUT2D eigenvalue weighted by molar-refractivity contribution is 0.0746. The average Bonchev–Trinajstić information content (AvgIpc) is 2.56. The van der Waals surface area contributed by atoms with E-state index in [1.54, 1.807) is 12.3 Å². The standard InChI is InChI=1S/C14H14ClN5O/c15-12-1-2-13(16-10-12)19-5-7-20(8-6-19)14(21)11-3-4-17-18-9-11/h1-4,9-10H,5-8H2. The Labute approximate surface area is 127 Å². The monoisotopic (exact) mass is 303 g/mol. The molecule has 0 spiro atoms. The molecule has 6 nitrogen and oxygen atoms in total. The van der Waals surface area contributed by atoms with E-state index in [0.717, 1.165) is 18.9 Å². The van der Waals surface area contributed by atoms with E-state index in [9.17, 15) is 4.79 Å². The van der Waals surface area contributed by atoms with E-state index >= 15 is 0 Å². The molecule has 1 amide bonds. The second kappa shape index (κ2) is 6.05. The van der Waals surface area contributed by atoms with Crippen LogP contribution in [0.15, 0.2) is 36.8 Å². The van der Waals surface area contributed by atoms with Gasteiger partial charge in [-0.15, -0.1) is 0 Å². The van der Waals surface area contributed by atoms with E-state index in [0.29, 0.717) is 23.7 Å². The third kappa shape index (κ3) is 3.11. The molecule has 0 unspecified atom stereocenters. The molecular formula is C14H14ClN5O. The summed E-state index contributed by atoms with van der Waals surface area (Å²) in [4.78, 5) is 20.6. The van der Waals surface area contributed by atoms with Crippen molar-refractivity contribution in [1.82, 2.24) is 20.1 Å². The Kier molecular flexibility index (Phi) is 3.96.